The van der Waals surface area contributed by atoms with E-state index in [1.807, 2.05) is 4.90 Å². The molecule has 1 amide bonds. The summed E-state index contributed by atoms with van der Waals surface area (Å²) in [6.07, 6.45) is 0. The average molecular weight is 401 g/mol. The van der Waals surface area contributed by atoms with Crippen molar-refractivity contribution in [2.75, 3.05) is 38.2 Å². The first-order valence-electron chi connectivity index (χ1n) is 9.10. The Morgan fingerprint density at radius 3 is 2.41 bits per heavy atom. The normalized spacial score (nSPS) is 14.3. The van der Waals surface area contributed by atoms with Crippen LogP contribution in [0.5, 0.6) is 5.75 Å². The van der Waals surface area contributed by atoms with E-state index < -0.39 is 11.6 Å². The molecule has 150 valence electrons. The first kappa shape index (κ1) is 19.0. The van der Waals surface area contributed by atoms with Crippen molar-refractivity contribution < 1.29 is 22.7 Å². The Labute approximate surface area is 165 Å². The van der Waals surface area contributed by atoms with Crippen molar-refractivity contribution in [1.82, 2.24) is 9.88 Å². The molecular formula is C21H18F3N3O2. The van der Waals surface area contributed by atoms with Crippen molar-refractivity contribution in [1.29, 1.82) is 0 Å². The molecule has 0 radical (unpaired) electrons. The number of nitrogens with zero attached hydrogens (tertiary/aromatic N) is 3. The lowest BCUT2D eigenvalue weighted by Crippen LogP contribution is -2.49. The van der Waals surface area contributed by atoms with E-state index in [4.69, 9.17) is 4.74 Å². The third-order valence-corrected chi connectivity index (χ3v) is 4.99. The molecule has 0 atom stereocenters. The predicted molar refractivity (Wildman–Crippen MR) is 103 cm³/mol. The first-order valence-corrected chi connectivity index (χ1v) is 9.10. The first-order chi connectivity index (χ1) is 14.0. The molecule has 0 bridgehead atoms. The van der Waals surface area contributed by atoms with Crippen LogP contribution >= 0.6 is 0 Å². The molecule has 1 aliphatic rings. The Hall–Kier alpha value is -3.29. The van der Waals surface area contributed by atoms with Gasteiger partial charge in [-0.2, -0.15) is 0 Å². The minimum Gasteiger partial charge on any atom is -0.496 e. The summed E-state index contributed by atoms with van der Waals surface area (Å²) in [6, 6.07) is 9.70. The lowest BCUT2D eigenvalue weighted by molar-refractivity contribution is 0.0740. The van der Waals surface area contributed by atoms with Crippen LogP contribution in [0.3, 0.4) is 0 Å². The zero-order chi connectivity index (χ0) is 20.5. The second-order valence-corrected chi connectivity index (χ2v) is 6.72. The van der Waals surface area contributed by atoms with Gasteiger partial charge in [0, 0.05) is 43.7 Å². The maximum Gasteiger partial charge on any atom is 0.272 e. The van der Waals surface area contributed by atoms with Gasteiger partial charge in [-0.3, -0.25) is 4.79 Å². The second kappa shape index (κ2) is 7.62. The molecule has 5 nitrogen and oxygen atoms in total. The standard InChI is InChI=1S/C21H18F3N3O2/c1-29-19-12-17(25-20-14(19)10-13(22)11-16(20)24)21(28)27-8-6-26(7-9-27)18-5-3-2-4-15(18)23/h2-5,10-12H,6-9H2,1H3. The fourth-order valence-electron chi connectivity index (χ4n) is 3.52. The van der Waals surface area contributed by atoms with Crippen LogP contribution in [0.15, 0.2) is 42.5 Å². The predicted octanol–water partition coefficient (Wildman–Crippen LogP) is 3.62. The van der Waals surface area contributed by atoms with Crippen LogP contribution in [-0.4, -0.2) is 49.1 Å². The van der Waals surface area contributed by atoms with Gasteiger partial charge in [0.2, 0.25) is 0 Å². The minimum absolute atomic E-state index is 0.0131. The number of halogens is 3. The monoisotopic (exact) mass is 401 g/mol. The van der Waals surface area contributed by atoms with Gasteiger partial charge in [0.15, 0.2) is 5.82 Å². The Morgan fingerprint density at radius 2 is 1.72 bits per heavy atom. The van der Waals surface area contributed by atoms with Crippen molar-refractivity contribution in [3.63, 3.8) is 0 Å². The number of carbonyl (C=O) groups is 1. The summed E-state index contributed by atoms with van der Waals surface area (Å²) in [5.74, 6) is -2.14. The topological polar surface area (TPSA) is 45.7 Å². The van der Waals surface area contributed by atoms with Crippen LogP contribution < -0.4 is 9.64 Å². The van der Waals surface area contributed by atoms with Gasteiger partial charge >= 0.3 is 0 Å². The number of pyridine rings is 1. The van der Waals surface area contributed by atoms with Gasteiger partial charge in [-0.05, 0) is 18.2 Å². The van der Waals surface area contributed by atoms with Crippen molar-refractivity contribution in [2.24, 2.45) is 0 Å². The zero-order valence-corrected chi connectivity index (χ0v) is 15.7. The number of anilines is 1. The van der Waals surface area contributed by atoms with Crippen LogP contribution in [0.25, 0.3) is 10.9 Å². The number of methoxy groups -OCH3 is 1. The molecule has 2 heterocycles. The smallest absolute Gasteiger partial charge is 0.272 e. The fraction of sp³-hybridized carbons (Fsp3) is 0.238. The van der Waals surface area contributed by atoms with E-state index in [0.29, 0.717) is 31.9 Å². The molecule has 0 aliphatic carbocycles. The van der Waals surface area contributed by atoms with Crippen LogP contribution in [0.1, 0.15) is 10.5 Å². The molecule has 1 aliphatic heterocycles. The Bertz CT molecular complexity index is 1080. The van der Waals surface area contributed by atoms with Gasteiger partial charge < -0.3 is 14.5 Å². The number of rotatable bonds is 3. The van der Waals surface area contributed by atoms with E-state index in [0.717, 1.165) is 12.1 Å². The zero-order valence-electron chi connectivity index (χ0n) is 15.7. The summed E-state index contributed by atoms with van der Waals surface area (Å²) >= 11 is 0. The molecule has 29 heavy (non-hydrogen) atoms. The van der Waals surface area contributed by atoms with Gasteiger partial charge in [-0.15, -0.1) is 0 Å². The van der Waals surface area contributed by atoms with Gasteiger partial charge in [-0.1, -0.05) is 12.1 Å². The maximum absolute atomic E-state index is 14.2. The number of hydrogen-bond acceptors (Lipinski definition) is 4. The number of para-hydroxylation sites is 1. The number of hydrogen-bond donors (Lipinski definition) is 0. The largest absolute Gasteiger partial charge is 0.496 e. The van der Waals surface area contributed by atoms with Gasteiger partial charge in [-0.25, -0.2) is 18.2 Å². The Morgan fingerprint density at radius 1 is 1.00 bits per heavy atom. The molecular weight excluding hydrogens is 383 g/mol. The highest BCUT2D eigenvalue weighted by Gasteiger charge is 2.25. The Balaban J connectivity index is 1.58. The fourth-order valence-corrected chi connectivity index (χ4v) is 3.52. The van der Waals surface area contributed by atoms with Crippen molar-refractivity contribution >= 4 is 22.5 Å². The SMILES string of the molecule is COc1cc(C(=O)N2CCN(c3ccccc3F)CC2)nc2c(F)cc(F)cc12. The van der Waals surface area contributed by atoms with E-state index in [1.54, 1.807) is 23.1 Å². The molecule has 2 aromatic carbocycles. The van der Waals surface area contributed by atoms with E-state index in [1.165, 1.54) is 19.2 Å². The lowest BCUT2D eigenvalue weighted by atomic mass is 10.1. The molecule has 0 N–H and O–H groups in total. The van der Waals surface area contributed by atoms with Gasteiger partial charge in [0.1, 0.15) is 28.6 Å². The van der Waals surface area contributed by atoms with Crippen LogP contribution in [0.2, 0.25) is 0 Å². The number of carbonyl (C=O) groups excluding carboxylic acids is 1. The lowest BCUT2D eigenvalue weighted by Gasteiger charge is -2.36. The maximum atomic E-state index is 14.2. The summed E-state index contributed by atoms with van der Waals surface area (Å²) in [4.78, 5) is 20.5. The number of ether oxygens (including phenoxy) is 1. The van der Waals surface area contributed by atoms with Crippen LogP contribution in [0.4, 0.5) is 18.9 Å². The number of fused-ring (bicyclic) bond motifs is 1. The summed E-state index contributed by atoms with van der Waals surface area (Å²) < 4.78 is 46.9. The molecule has 4 rings (SSSR count). The van der Waals surface area contributed by atoms with Crippen molar-refractivity contribution in [2.45, 2.75) is 0 Å². The molecule has 1 fully saturated rings. The highest BCUT2D eigenvalue weighted by atomic mass is 19.1. The van der Waals surface area contributed by atoms with E-state index in [9.17, 15) is 18.0 Å². The van der Waals surface area contributed by atoms with Crippen LogP contribution in [-0.2, 0) is 0 Å². The third kappa shape index (κ3) is 3.57. The summed E-state index contributed by atoms with van der Waals surface area (Å²) in [5.41, 5.74) is 0.382. The van der Waals surface area contributed by atoms with E-state index in [-0.39, 0.29) is 34.1 Å². The van der Waals surface area contributed by atoms with E-state index in [2.05, 4.69) is 4.98 Å². The molecule has 3 aromatic rings. The quantitative estimate of drug-likeness (QED) is 0.673. The molecule has 0 spiro atoms. The van der Waals surface area contributed by atoms with Crippen molar-refractivity contribution in [3.05, 3.63) is 65.6 Å². The molecule has 8 heteroatoms. The van der Waals surface area contributed by atoms with Crippen LogP contribution in [0, 0.1) is 17.5 Å². The molecule has 1 aromatic heterocycles. The number of benzene rings is 2. The molecule has 0 unspecified atom stereocenters. The number of aromatic nitrogens is 1. The summed E-state index contributed by atoms with van der Waals surface area (Å²) in [6.45, 7) is 1.64. The van der Waals surface area contributed by atoms with Gasteiger partial charge in [0.25, 0.3) is 5.91 Å². The third-order valence-electron chi connectivity index (χ3n) is 4.99. The van der Waals surface area contributed by atoms with E-state index >= 15 is 0 Å². The molecule has 1 saturated heterocycles. The Kier molecular flexibility index (Phi) is 5.00. The minimum atomic E-state index is -0.864. The number of amides is 1. The van der Waals surface area contributed by atoms with Crippen molar-refractivity contribution in [3.8, 4) is 5.75 Å². The number of piperazine rings is 1. The molecule has 0 saturated carbocycles. The second-order valence-electron chi connectivity index (χ2n) is 6.72. The van der Waals surface area contributed by atoms with Gasteiger partial charge in [0.05, 0.1) is 12.8 Å². The summed E-state index contributed by atoms with van der Waals surface area (Å²) in [5, 5.41) is 0.158. The summed E-state index contributed by atoms with van der Waals surface area (Å²) in [7, 11) is 1.36. The highest BCUT2D eigenvalue weighted by molar-refractivity contribution is 5.97. The average Bonchev–Trinajstić information content (AvgIpc) is 2.73. The highest BCUT2D eigenvalue weighted by Crippen LogP contribution is 2.29.